The lowest BCUT2D eigenvalue weighted by Gasteiger charge is -2.23. The van der Waals surface area contributed by atoms with E-state index in [1.807, 2.05) is 6.07 Å². The van der Waals surface area contributed by atoms with Gasteiger partial charge >= 0.3 is 6.18 Å². The lowest BCUT2D eigenvalue weighted by atomic mass is 10.0. The molecule has 4 rings (SSSR count). The molecule has 2 aromatic carbocycles. The molecule has 1 aliphatic rings. The molecule has 200 valence electrons. The number of ether oxygens (including phenoxy) is 2. The van der Waals surface area contributed by atoms with Crippen LogP contribution in [0.1, 0.15) is 49.7 Å². The van der Waals surface area contributed by atoms with Gasteiger partial charge in [0.2, 0.25) is 0 Å². The molecule has 10 heteroatoms. The van der Waals surface area contributed by atoms with E-state index in [2.05, 4.69) is 34.2 Å². The number of halogens is 3. The Kier molecular flexibility index (Phi) is 7.41. The zero-order valence-corrected chi connectivity index (χ0v) is 21.9. The number of nitrogen functional groups attached to an aromatic ring is 1. The number of fused-ring (bicyclic) bond motifs is 1. The predicted molar refractivity (Wildman–Crippen MR) is 139 cm³/mol. The zero-order valence-electron chi connectivity index (χ0n) is 21.9. The van der Waals surface area contributed by atoms with E-state index in [1.54, 1.807) is 27.0 Å². The average Bonchev–Trinajstić information content (AvgIpc) is 3.60. The Morgan fingerprint density at radius 1 is 1.14 bits per heavy atom. The van der Waals surface area contributed by atoms with Gasteiger partial charge in [0.25, 0.3) is 0 Å². The van der Waals surface area contributed by atoms with Crippen molar-refractivity contribution in [3.05, 3.63) is 47.3 Å². The Morgan fingerprint density at radius 3 is 2.49 bits per heavy atom. The predicted octanol–water partition coefficient (Wildman–Crippen LogP) is 5.83. The molecule has 0 radical (unpaired) electrons. The molecular weight excluding hydrogens is 483 g/mol. The lowest BCUT2D eigenvalue weighted by Crippen LogP contribution is -2.30. The summed E-state index contributed by atoms with van der Waals surface area (Å²) in [6.45, 7) is 8.16. The summed E-state index contributed by atoms with van der Waals surface area (Å²) in [7, 11) is 3.69. The van der Waals surface area contributed by atoms with Crippen LogP contribution in [0.4, 0.5) is 24.7 Å². The fourth-order valence-corrected chi connectivity index (χ4v) is 4.45. The third-order valence-electron chi connectivity index (χ3n) is 6.89. The standard InChI is InChI=1S/C27H34F3N5O2/c1-6-35(4)14-26(7-8-26)15-37-24-12-21-22(13-23(24)36-5)33-17(3)34-25(21)32-16(2)18-9-19(27(28,29)30)11-20(31)10-18/h9-13,16H,6-8,14-15,31H2,1-5H3,(H,32,33,34)/t16-/m1/s1. The van der Waals surface area contributed by atoms with Crippen molar-refractivity contribution >= 4 is 22.4 Å². The molecule has 1 heterocycles. The number of methoxy groups -OCH3 is 1. The van der Waals surface area contributed by atoms with Gasteiger partial charge in [-0.25, -0.2) is 9.97 Å². The number of anilines is 2. The molecule has 0 aliphatic heterocycles. The Hall–Kier alpha value is -3.27. The van der Waals surface area contributed by atoms with Crippen LogP contribution in [0.5, 0.6) is 11.5 Å². The smallest absolute Gasteiger partial charge is 0.416 e. The fraction of sp³-hybridized carbons (Fsp3) is 0.481. The van der Waals surface area contributed by atoms with Crippen molar-refractivity contribution in [3.8, 4) is 11.5 Å². The third-order valence-corrected chi connectivity index (χ3v) is 6.89. The van der Waals surface area contributed by atoms with Crippen LogP contribution in [0.15, 0.2) is 30.3 Å². The molecule has 0 amide bonds. The molecule has 0 unspecified atom stereocenters. The first kappa shape index (κ1) is 26.8. The van der Waals surface area contributed by atoms with Crippen molar-refractivity contribution in [2.45, 2.75) is 45.8 Å². The quantitative estimate of drug-likeness (QED) is 0.327. The van der Waals surface area contributed by atoms with E-state index in [1.165, 1.54) is 6.07 Å². The fourth-order valence-electron chi connectivity index (χ4n) is 4.45. The molecule has 7 nitrogen and oxygen atoms in total. The molecule has 3 aromatic rings. The highest BCUT2D eigenvalue weighted by Gasteiger charge is 2.44. The number of benzene rings is 2. The Morgan fingerprint density at radius 2 is 1.86 bits per heavy atom. The Labute approximate surface area is 215 Å². The monoisotopic (exact) mass is 517 g/mol. The highest BCUT2D eigenvalue weighted by Crippen LogP contribution is 2.47. The van der Waals surface area contributed by atoms with Crippen molar-refractivity contribution in [1.29, 1.82) is 0 Å². The van der Waals surface area contributed by atoms with Crippen LogP contribution < -0.4 is 20.5 Å². The molecule has 1 saturated carbocycles. The number of aromatic nitrogens is 2. The van der Waals surface area contributed by atoms with E-state index >= 15 is 0 Å². The van der Waals surface area contributed by atoms with Crippen LogP contribution >= 0.6 is 0 Å². The van der Waals surface area contributed by atoms with E-state index in [-0.39, 0.29) is 11.1 Å². The van der Waals surface area contributed by atoms with Gasteiger partial charge in [0.05, 0.1) is 30.8 Å². The summed E-state index contributed by atoms with van der Waals surface area (Å²) >= 11 is 0. The summed E-state index contributed by atoms with van der Waals surface area (Å²) in [4.78, 5) is 11.4. The van der Waals surface area contributed by atoms with Crippen molar-refractivity contribution < 1.29 is 22.6 Å². The van der Waals surface area contributed by atoms with Gasteiger partial charge in [0, 0.05) is 29.1 Å². The van der Waals surface area contributed by atoms with Gasteiger partial charge in [-0.15, -0.1) is 0 Å². The van der Waals surface area contributed by atoms with Crippen LogP contribution in [-0.4, -0.2) is 48.7 Å². The third kappa shape index (κ3) is 6.18. The van der Waals surface area contributed by atoms with E-state index in [4.69, 9.17) is 15.2 Å². The normalized spacial score (nSPS) is 15.6. The topological polar surface area (TPSA) is 85.5 Å². The first-order valence-electron chi connectivity index (χ1n) is 12.3. The number of hydrogen-bond donors (Lipinski definition) is 2. The number of hydrogen-bond acceptors (Lipinski definition) is 7. The molecule has 3 N–H and O–H groups in total. The second-order valence-corrected chi connectivity index (χ2v) is 10.0. The van der Waals surface area contributed by atoms with E-state index in [0.717, 1.165) is 38.1 Å². The summed E-state index contributed by atoms with van der Waals surface area (Å²) in [6, 6.07) is 6.69. The van der Waals surface area contributed by atoms with Gasteiger partial charge < -0.3 is 25.4 Å². The minimum absolute atomic E-state index is 0.0466. The largest absolute Gasteiger partial charge is 0.493 e. The van der Waals surface area contributed by atoms with Gasteiger partial charge in [-0.05, 0) is 70.1 Å². The minimum Gasteiger partial charge on any atom is -0.493 e. The molecule has 1 fully saturated rings. The molecule has 1 atom stereocenters. The maximum Gasteiger partial charge on any atom is 0.416 e. The van der Waals surface area contributed by atoms with Crippen molar-refractivity contribution in [2.24, 2.45) is 5.41 Å². The number of rotatable bonds is 10. The number of alkyl halides is 3. The van der Waals surface area contributed by atoms with Crippen molar-refractivity contribution in [2.75, 3.05) is 44.9 Å². The number of nitrogens with one attached hydrogen (secondary N) is 1. The van der Waals surface area contributed by atoms with E-state index in [9.17, 15) is 13.2 Å². The second-order valence-electron chi connectivity index (χ2n) is 10.0. The van der Waals surface area contributed by atoms with Crippen molar-refractivity contribution in [1.82, 2.24) is 14.9 Å². The highest BCUT2D eigenvalue weighted by atomic mass is 19.4. The summed E-state index contributed by atoms with van der Waals surface area (Å²) in [5.74, 6) is 2.15. The number of aryl methyl sites for hydroxylation is 1. The second kappa shape index (κ2) is 10.2. The van der Waals surface area contributed by atoms with Crippen LogP contribution in [0, 0.1) is 12.3 Å². The van der Waals surface area contributed by atoms with Crippen LogP contribution in [0.2, 0.25) is 0 Å². The van der Waals surface area contributed by atoms with Crippen LogP contribution in [-0.2, 0) is 6.18 Å². The first-order chi connectivity index (χ1) is 17.4. The first-order valence-corrected chi connectivity index (χ1v) is 12.3. The van der Waals surface area contributed by atoms with Gasteiger partial charge in [0.1, 0.15) is 11.6 Å². The molecule has 1 aliphatic carbocycles. The Bertz CT molecular complexity index is 1280. The molecule has 1 aromatic heterocycles. The molecular formula is C27H34F3N5O2. The van der Waals surface area contributed by atoms with Gasteiger partial charge in [-0.1, -0.05) is 6.92 Å². The lowest BCUT2D eigenvalue weighted by molar-refractivity contribution is -0.137. The minimum atomic E-state index is -4.49. The maximum absolute atomic E-state index is 13.3. The van der Waals surface area contributed by atoms with Gasteiger partial charge in [-0.2, -0.15) is 13.2 Å². The SMILES string of the molecule is CCN(C)CC1(COc2cc3c(N[C@H](C)c4cc(N)cc(C(F)(F)F)c4)nc(C)nc3cc2OC)CC1. The van der Waals surface area contributed by atoms with Gasteiger partial charge in [-0.3, -0.25) is 0 Å². The summed E-state index contributed by atoms with van der Waals surface area (Å²) < 4.78 is 51.9. The highest BCUT2D eigenvalue weighted by molar-refractivity contribution is 5.92. The number of nitrogens with two attached hydrogens (primary N) is 1. The molecule has 0 bridgehead atoms. The zero-order chi connectivity index (χ0) is 27.0. The van der Waals surface area contributed by atoms with E-state index in [0.29, 0.717) is 46.2 Å². The van der Waals surface area contributed by atoms with E-state index < -0.39 is 17.8 Å². The summed E-state index contributed by atoms with van der Waals surface area (Å²) in [5.41, 5.74) is 6.21. The van der Waals surface area contributed by atoms with Crippen LogP contribution in [0.3, 0.4) is 0 Å². The molecule has 37 heavy (non-hydrogen) atoms. The molecule has 0 saturated heterocycles. The number of nitrogens with zero attached hydrogens (tertiary/aromatic N) is 3. The summed E-state index contributed by atoms with van der Waals surface area (Å²) in [6.07, 6.45) is -2.27. The molecule has 0 spiro atoms. The summed E-state index contributed by atoms with van der Waals surface area (Å²) in [5, 5.41) is 3.94. The Balaban J connectivity index is 1.65. The maximum atomic E-state index is 13.3. The van der Waals surface area contributed by atoms with Crippen molar-refractivity contribution in [3.63, 3.8) is 0 Å². The van der Waals surface area contributed by atoms with Crippen LogP contribution in [0.25, 0.3) is 10.9 Å². The average molecular weight is 518 g/mol. The van der Waals surface area contributed by atoms with Gasteiger partial charge in [0.15, 0.2) is 11.5 Å².